The molecule has 1 fully saturated rings. The van der Waals surface area contributed by atoms with Crippen LogP contribution in [-0.4, -0.2) is 69.1 Å². The van der Waals surface area contributed by atoms with Gasteiger partial charge in [-0.25, -0.2) is 17.7 Å². The standard InChI is InChI=1S/C22H39N5O2S/c1-4-23-22(24-14-9-17-27(5-2)30(3,28)29)25-18-20-10-12-21(13-11-20)19-26-15-7-6-8-16-26/h10-13H,4-9,14-19H2,1-3H3,(H2,23,24,25). The third-order valence-corrected chi connectivity index (χ3v) is 6.72. The number of sulfonamides is 1. The minimum atomic E-state index is -3.13. The zero-order chi connectivity index (χ0) is 21.8. The Kier molecular flexibility index (Phi) is 10.6. The van der Waals surface area contributed by atoms with Gasteiger partial charge in [0.1, 0.15) is 0 Å². The second-order valence-corrected chi connectivity index (χ2v) is 9.87. The van der Waals surface area contributed by atoms with Crippen molar-refractivity contribution < 1.29 is 8.42 Å². The van der Waals surface area contributed by atoms with Gasteiger partial charge in [0.05, 0.1) is 12.8 Å². The second-order valence-electron chi connectivity index (χ2n) is 7.88. The van der Waals surface area contributed by atoms with Crippen LogP contribution in [0.3, 0.4) is 0 Å². The van der Waals surface area contributed by atoms with Crippen molar-refractivity contribution in [3.8, 4) is 0 Å². The molecule has 2 N–H and O–H groups in total. The lowest BCUT2D eigenvalue weighted by Crippen LogP contribution is -2.39. The SMILES string of the molecule is CCNC(=NCc1ccc(CN2CCCCC2)cc1)NCCCN(CC)S(C)(=O)=O. The molecule has 0 bridgehead atoms. The van der Waals surface area contributed by atoms with Crippen LogP contribution in [0.25, 0.3) is 0 Å². The summed E-state index contributed by atoms with van der Waals surface area (Å²) in [5.74, 6) is 0.761. The van der Waals surface area contributed by atoms with Crippen LogP contribution >= 0.6 is 0 Å². The van der Waals surface area contributed by atoms with E-state index in [-0.39, 0.29) is 0 Å². The average molecular weight is 438 g/mol. The molecule has 0 amide bonds. The van der Waals surface area contributed by atoms with Crippen LogP contribution in [0.15, 0.2) is 29.3 Å². The zero-order valence-electron chi connectivity index (χ0n) is 18.9. The van der Waals surface area contributed by atoms with Crippen LogP contribution < -0.4 is 10.6 Å². The molecule has 1 aliphatic rings. The molecule has 1 saturated heterocycles. The molecule has 8 heteroatoms. The van der Waals surface area contributed by atoms with Crippen LogP contribution in [0.4, 0.5) is 0 Å². The van der Waals surface area contributed by atoms with E-state index in [2.05, 4.69) is 44.8 Å². The molecule has 0 aliphatic carbocycles. The Bertz CT molecular complexity index is 743. The van der Waals surface area contributed by atoms with Crippen molar-refractivity contribution in [1.29, 1.82) is 0 Å². The first-order valence-electron chi connectivity index (χ1n) is 11.2. The molecule has 30 heavy (non-hydrogen) atoms. The molecule has 1 aliphatic heterocycles. The Hall–Kier alpha value is -1.64. The molecular formula is C22H39N5O2S. The third-order valence-electron chi connectivity index (χ3n) is 5.34. The highest BCUT2D eigenvalue weighted by atomic mass is 32.2. The summed E-state index contributed by atoms with van der Waals surface area (Å²) in [6, 6.07) is 8.75. The van der Waals surface area contributed by atoms with Crippen molar-refractivity contribution in [3.63, 3.8) is 0 Å². The van der Waals surface area contributed by atoms with E-state index in [1.807, 2.05) is 13.8 Å². The Morgan fingerprint density at radius 2 is 1.73 bits per heavy atom. The fourth-order valence-electron chi connectivity index (χ4n) is 3.66. The van der Waals surface area contributed by atoms with Gasteiger partial charge in [0.15, 0.2) is 5.96 Å². The highest BCUT2D eigenvalue weighted by Gasteiger charge is 2.13. The van der Waals surface area contributed by atoms with Gasteiger partial charge in [0, 0.05) is 32.7 Å². The highest BCUT2D eigenvalue weighted by Crippen LogP contribution is 2.14. The van der Waals surface area contributed by atoms with E-state index in [0.717, 1.165) is 25.5 Å². The maximum atomic E-state index is 11.7. The number of aliphatic imine (C=N–C) groups is 1. The number of nitrogens with zero attached hydrogens (tertiary/aromatic N) is 3. The van der Waals surface area contributed by atoms with Gasteiger partial charge in [-0.15, -0.1) is 0 Å². The normalized spacial score (nSPS) is 16.1. The third kappa shape index (κ3) is 9.02. The lowest BCUT2D eigenvalue weighted by Gasteiger charge is -2.26. The van der Waals surface area contributed by atoms with Gasteiger partial charge in [-0.1, -0.05) is 37.6 Å². The smallest absolute Gasteiger partial charge is 0.211 e. The Morgan fingerprint density at radius 3 is 2.33 bits per heavy atom. The Labute approximate surface area is 183 Å². The molecule has 0 aromatic heterocycles. The van der Waals surface area contributed by atoms with Crippen LogP contribution in [0.1, 0.15) is 50.7 Å². The molecule has 0 radical (unpaired) electrons. The number of benzene rings is 1. The fraction of sp³-hybridized carbons (Fsp3) is 0.682. The molecule has 0 saturated carbocycles. The number of guanidine groups is 1. The van der Waals surface area contributed by atoms with Crippen LogP contribution in [0.2, 0.25) is 0 Å². The summed E-state index contributed by atoms with van der Waals surface area (Å²) < 4.78 is 24.8. The van der Waals surface area contributed by atoms with Gasteiger partial charge in [0.25, 0.3) is 0 Å². The number of likely N-dealkylation sites (tertiary alicyclic amines) is 1. The van der Waals surface area contributed by atoms with E-state index in [4.69, 9.17) is 0 Å². The Balaban J connectivity index is 1.80. The molecule has 0 atom stereocenters. The maximum Gasteiger partial charge on any atom is 0.211 e. The second kappa shape index (κ2) is 12.9. The predicted molar refractivity (Wildman–Crippen MR) is 125 cm³/mol. The van der Waals surface area contributed by atoms with Crippen molar-refractivity contribution >= 4 is 16.0 Å². The van der Waals surface area contributed by atoms with Crippen molar-refractivity contribution in [3.05, 3.63) is 35.4 Å². The monoisotopic (exact) mass is 437 g/mol. The molecule has 1 aromatic rings. The van der Waals surface area contributed by atoms with E-state index >= 15 is 0 Å². The summed E-state index contributed by atoms with van der Waals surface area (Å²) in [4.78, 5) is 7.20. The van der Waals surface area contributed by atoms with E-state index < -0.39 is 10.0 Å². The average Bonchev–Trinajstić information content (AvgIpc) is 2.72. The van der Waals surface area contributed by atoms with Crippen LogP contribution in [0, 0.1) is 0 Å². The highest BCUT2D eigenvalue weighted by molar-refractivity contribution is 7.88. The summed E-state index contributed by atoms with van der Waals surface area (Å²) in [6.45, 7) is 10.4. The first-order chi connectivity index (χ1) is 14.4. The minimum Gasteiger partial charge on any atom is -0.357 e. The van der Waals surface area contributed by atoms with E-state index in [0.29, 0.717) is 26.2 Å². The Morgan fingerprint density at radius 1 is 1.07 bits per heavy atom. The van der Waals surface area contributed by atoms with Crippen molar-refractivity contribution in [1.82, 2.24) is 19.8 Å². The maximum absolute atomic E-state index is 11.7. The summed E-state index contributed by atoms with van der Waals surface area (Å²) >= 11 is 0. The molecule has 0 spiro atoms. The molecule has 170 valence electrons. The molecule has 0 unspecified atom stereocenters. The quantitative estimate of drug-likeness (QED) is 0.316. The van der Waals surface area contributed by atoms with Gasteiger partial charge in [0.2, 0.25) is 10.0 Å². The lowest BCUT2D eigenvalue weighted by atomic mass is 10.1. The number of hydrogen-bond acceptors (Lipinski definition) is 4. The summed E-state index contributed by atoms with van der Waals surface area (Å²) in [6.07, 6.45) is 5.99. The summed E-state index contributed by atoms with van der Waals surface area (Å²) in [5.41, 5.74) is 2.55. The fourth-order valence-corrected chi connectivity index (χ4v) is 4.59. The van der Waals surface area contributed by atoms with Gasteiger partial charge >= 0.3 is 0 Å². The van der Waals surface area contributed by atoms with E-state index in [1.165, 1.54) is 54.0 Å². The molecule has 1 aromatic carbocycles. The molecule has 7 nitrogen and oxygen atoms in total. The largest absolute Gasteiger partial charge is 0.357 e. The minimum absolute atomic E-state index is 0.501. The zero-order valence-corrected chi connectivity index (χ0v) is 19.7. The molecule has 1 heterocycles. The van der Waals surface area contributed by atoms with Gasteiger partial charge < -0.3 is 10.6 Å². The van der Waals surface area contributed by atoms with Crippen molar-refractivity contribution in [2.45, 2.75) is 52.6 Å². The topological polar surface area (TPSA) is 77.0 Å². The number of rotatable bonds is 11. The first kappa shape index (κ1) is 24.6. The number of piperidine rings is 1. The van der Waals surface area contributed by atoms with Crippen LogP contribution in [-0.2, 0) is 23.1 Å². The first-order valence-corrected chi connectivity index (χ1v) is 13.0. The van der Waals surface area contributed by atoms with E-state index in [9.17, 15) is 8.42 Å². The van der Waals surface area contributed by atoms with Crippen LogP contribution in [0.5, 0.6) is 0 Å². The molecule has 2 rings (SSSR count). The summed E-state index contributed by atoms with van der Waals surface area (Å²) in [7, 11) is -3.13. The number of hydrogen-bond donors (Lipinski definition) is 2. The van der Waals surface area contributed by atoms with Gasteiger partial charge in [-0.3, -0.25) is 4.90 Å². The number of nitrogens with one attached hydrogen (secondary N) is 2. The predicted octanol–water partition coefficient (Wildman–Crippen LogP) is 2.40. The molecular weight excluding hydrogens is 398 g/mol. The van der Waals surface area contributed by atoms with Crippen molar-refractivity contribution in [2.24, 2.45) is 4.99 Å². The lowest BCUT2D eigenvalue weighted by molar-refractivity contribution is 0.221. The van der Waals surface area contributed by atoms with Gasteiger partial charge in [-0.2, -0.15) is 0 Å². The van der Waals surface area contributed by atoms with Crippen molar-refractivity contribution in [2.75, 3.05) is 45.5 Å². The summed E-state index contributed by atoms with van der Waals surface area (Å²) in [5, 5.41) is 6.55. The van der Waals surface area contributed by atoms with Gasteiger partial charge in [-0.05, 0) is 50.4 Å². The van der Waals surface area contributed by atoms with E-state index in [1.54, 1.807) is 0 Å².